The van der Waals surface area contributed by atoms with Gasteiger partial charge in [-0.2, -0.15) is 9.69 Å². The molecular weight excluding hydrogens is 214 g/mol. The minimum Gasteiger partial charge on any atom is -0.499 e. The van der Waals surface area contributed by atoms with Crippen LogP contribution in [-0.2, 0) is 4.74 Å². The Kier molecular flexibility index (Phi) is 3.37. The number of hydrogen-bond acceptors (Lipinski definition) is 1. The van der Waals surface area contributed by atoms with Gasteiger partial charge in [-0.25, -0.2) is 4.85 Å². The van der Waals surface area contributed by atoms with E-state index in [0.717, 1.165) is 0 Å². The molecule has 0 aromatic rings. The maximum atomic E-state index is 7.17. The van der Waals surface area contributed by atoms with Gasteiger partial charge in [-0.05, 0) is 20.8 Å². The highest BCUT2D eigenvalue weighted by molar-refractivity contribution is 5.53. The summed E-state index contributed by atoms with van der Waals surface area (Å²) in [5.41, 5.74) is 0.285. The molecule has 0 atom stereocenters. The molecule has 0 spiro atoms. The monoisotopic (exact) mass is 225 g/mol. The second-order valence-electron chi connectivity index (χ2n) is 3.86. The molecule has 0 bridgehead atoms. The molecule has 1 aliphatic heterocycles. The van der Waals surface area contributed by atoms with Crippen LogP contribution >= 0.6 is 0 Å². The molecule has 0 radical (unpaired) electrons. The molecule has 1 rings (SSSR count). The summed E-state index contributed by atoms with van der Waals surface area (Å²) < 4.78 is 5.57. The number of nitrogens with zero attached hydrogens (tertiary/aromatic N) is 3. The zero-order valence-corrected chi connectivity index (χ0v) is 9.90. The largest absolute Gasteiger partial charge is 0.550 e. The maximum Gasteiger partial charge on any atom is 0.550 e. The smallest absolute Gasteiger partial charge is 0.499 e. The quantitative estimate of drug-likeness (QED) is 0.625. The first-order valence-corrected chi connectivity index (χ1v) is 4.95. The third-order valence-electron chi connectivity index (χ3n) is 2.34. The van der Waals surface area contributed by atoms with Crippen LogP contribution in [0.4, 0.5) is 0 Å². The fourth-order valence-corrected chi connectivity index (χ4v) is 1.60. The Morgan fingerprint density at radius 2 is 1.82 bits per heavy atom. The van der Waals surface area contributed by atoms with Crippen LogP contribution in [0, 0.1) is 19.7 Å². The minimum atomic E-state index is -0.678. The van der Waals surface area contributed by atoms with Crippen molar-refractivity contribution in [3.8, 4) is 0 Å². The molecule has 84 valence electrons. The van der Waals surface area contributed by atoms with E-state index in [0.29, 0.717) is 5.57 Å². The van der Waals surface area contributed by atoms with Crippen LogP contribution in [0.5, 0.6) is 0 Å². The predicted octanol–water partition coefficient (Wildman–Crippen LogP) is 3.55. The highest BCUT2D eigenvalue weighted by Gasteiger charge is 2.41. The van der Waals surface area contributed by atoms with Crippen molar-refractivity contribution < 1.29 is 4.74 Å². The minimum absolute atomic E-state index is 0.100. The van der Waals surface area contributed by atoms with Crippen molar-refractivity contribution in [3.63, 3.8) is 0 Å². The number of allylic oxidation sites excluding steroid dienone is 1. The summed E-state index contributed by atoms with van der Waals surface area (Å²) in [4.78, 5) is 9.58. The Morgan fingerprint density at radius 3 is 2.24 bits per heavy atom. The summed E-state index contributed by atoms with van der Waals surface area (Å²) >= 11 is 0. The van der Waals surface area contributed by atoms with Gasteiger partial charge >= 0.3 is 5.82 Å². The van der Waals surface area contributed by atoms with Crippen molar-refractivity contribution in [3.05, 3.63) is 69.3 Å². The molecule has 0 N–H and O–H groups in total. The molecule has 0 unspecified atom stereocenters. The van der Waals surface area contributed by atoms with Crippen LogP contribution in [0.15, 0.2) is 35.0 Å². The first-order valence-electron chi connectivity index (χ1n) is 4.95. The van der Waals surface area contributed by atoms with Crippen LogP contribution in [0.2, 0.25) is 0 Å². The summed E-state index contributed by atoms with van der Waals surface area (Å²) in [6, 6.07) is 0. The lowest BCUT2D eigenvalue weighted by atomic mass is 9.98. The SMILES string of the molecule is [C-]#[N+]C([N+]#[C-])=C1OC(C)(C)C(/C=C/C)=C1[N+]#[C-]. The van der Waals surface area contributed by atoms with E-state index in [4.69, 9.17) is 24.5 Å². The van der Waals surface area contributed by atoms with Gasteiger partial charge in [0.2, 0.25) is 11.5 Å². The van der Waals surface area contributed by atoms with Crippen LogP contribution in [0.3, 0.4) is 0 Å². The van der Waals surface area contributed by atoms with Crippen LogP contribution < -0.4 is 0 Å². The summed E-state index contributed by atoms with van der Waals surface area (Å²) in [7, 11) is 0. The standard InChI is InChI=1S/C13H11N3O/c1-7-8-9-10(14-4)11(12(15-5)16-6)17-13(9,2)3/h7-8H,1-3H3/b8-7+. The van der Waals surface area contributed by atoms with E-state index in [1.165, 1.54) is 0 Å². The van der Waals surface area contributed by atoms with Crippen molar-refractivity contribution in [1.82, 2.24) is 0 Å². The second-order valence-corrected chi connectivity index (χ2v) is 3.86. The Balaban J connectivity index is 3.58. The molecule has 4 nitrogen and oxygen atoms in total. The van der Waals surface area contributed by atoms with E-state index in [9.17, 15) is 0 Å². The molecule has 0 aliphatic carbocycles. The number of hydrogen-bond donors (Lipinski definition) is 0. The lowest BCUT2D eigenvalue weighted by Crippen LogP contribution is -2.20. The molecular formula is C13H11N3O. The summed E-state index contributed by atoms with van der Waals surface area (Å²) in [5, 5.41) is 0. The van der Waals surface area contributed by atoms with Gasteiger partial charge in [0, 0.05) is 5.57 Å². The highest BCUT2D eigenvalue weighted by Crippen LogP contribution is 2.41. The summed E-state index contributed by atoms with van der Waals surface area (Å²) in [5.74, 6) is -0.0910. The number of ether oxygens (including phenoxy) is 1. The van der Waals surface area contributed by atoms with E-state index in [1.54, 1.807) is 6.08 Å². The normalized spacial score (nSPS) is 17.3. The number of rotatable bonds is 1. The van der Waals surface area contributed by atoms with E-state index in [1.807, 2.05) is 26.8 Å². The maximum absolute atomic E-state index is 7.17. The first kappa shape index (κ1) is 12.6. The zero-order chi connectivity index (χ0) is 13.1. The van der Waals surface area contributed by atoms with Gasteiger partial charge in [0.05, 0.1) is 6.57 Å². The Bertz CT molecular complexity index is 541. The molecule has 0 aromatic carbocycles. The molecule has 0 saturated heterocycles. The molecule has 0 amide bonds. The Morgan fingerprint density at radius 1 is 1.24 bits per heavy atom. The van der Waals surface area contributed by atoms with Gasteiger partial charge in [0.25, 0.3) is 0 Å². The van der Waals surface area contributed by atoms with E-state index in [-0.39, 0.29) is 17.3 Å². The van der Waals surface area contributed by atoms with Crippen molar-refractivity contribution in [2.45, 2.75) is 26.4 Å². The summed E-state index contributed by atoms with van der Waals surface area (Å²) in [6.07, 6.45) is 3.59. The molecule has 17 heavy (non-hydrogen) atoms. The Hall–Kier alpha value is -2.51. The van der Waals surface area contributed by atoms with Crippen molar-refractivity contribution in [2.24, 2.45) is 0 Å². The first-order chi connectivity index (χ1) is 8.01. The lowest BCUT2D eigenvalue weighted by Gasteiger charge is -2.21. The molecule has 0 saturated carbocycles. The van der Waals surface area contributed by atoms with E-state index < -0.39 is 5.60 Å². The molecule has 0 aromatic heterocycles. The zero-order valence-electron chi connectivity index (χ0n) is 9.90. The fraction of sp³-hybridized carbons (Fsp3) is 0.308. The van der Waals surface area contributed by atoms with E-state index >= 15 is 0 Å². The molecule has 0 fully saturated rings. The van der Waals surface area contributed by atoms with Crippen LogP contribution in [-0.4, -0.2) is 5.60 Å². The lowest BCUT2D eigenvalue weighted by molar-refractivity contribution is 0.0950. The van der Waals surface area contributed by atoms with E-state index in [2.05, 4.69) is 14.5 Å². The third-order valence-corrected chi connectivity index (χ3v) is 2.34. The summed E-state index contributed by atoms with van der Waals surface area (Å²) in [6.45, 7) is 26.5. The fourth-order valence-electron chi connectivity index (χ4n) is 1.60. The predicted molar refractivity (Wildman–Crippen MR) is 63.8 cm³/mol. The Labute approximate surface area is 101 Å². The van der Waals surface area contributed by atoms with Gasteiger partial charge in [0.1, 0.15) is 18.7 Å². The van der Waals surface area contributed by atoms with Crippen molar-refractivity contribution >= 4 is 0 Å². The highest BCUT2D eigenvalue weighted by atomic mass is 16.5. The van der Waals surface area contributed by atoms with Gasteiger partial charge < -0.3 is 4.74 Å². The van der Waals surface area contributed by atoms with Gasteiger partial charge in [-0.1, -0.05) is 12.2 Å². The van der Waals surface area contributed by atoms with Crippen LogP contribution in [0.1, 0.15) is 20.8 Å². The molecule has 1 heterocycles. The van der Waals surface area contributed by atoms with Crippen molar-refractivity contribution in [1.29, 1.82) is 0 Å². The van der Waals surface area contributed by atoms with Gasteiger partial charge in [0.15, 0.2) is 0 Å². The third kappa shape index (κ3) is 2.05. The topological polar surface area (TPSA) is 22.3 Å². The molecule has 4 heteroatoms. The van der Waals surface area contributed by atoms with Gasteiger partial charge in [-0.3, -0.25) is 0 Å². The second kappa shape index (κ2) is 4.56. The average Bonchev–Trinajstić information content (AvgIpc) is 2.53. The molecule has 1 aliphatic rings. The average molecular weight is 225 g/mol. The van der Waals surface area contributed by atoms with Crippen molar-refractivity contribution in [2.75, 3.05) is 0 Å². The van der Waals surface area contributed by atoms with Gasteiger partial charge in [-0.15, -0.1) is 0 Å². The van der Waals surface area contributed by atoms with Crippen LogP contribution in [0.25, 0.3) is 14.5 Å².